The third-order valence-electron chi connectivity index (χ3n) is 5.79. The van der Waals surface area contributed by atoms with Gasteiger partial charge in [0.25, 0.3) is 0 Å². The van der Waals surface area contributed by atoms with E-state index in [1.165, 1.54) is 32.2 Å². The Balaban J connectivity index is 0.000000810. The fourth-order valence-electron chi connectivity index (χ4n) is 4.94. The lowest BCUT2D eigenvalue weighted by atomic mass is 9.79. The first-order valence-electron chi connectivity index (χ1n) is 7.15. The van der Waals surface area contributed by atoms with Crippen LogP contribution < -0.4 is 5.32 Å². The minimum atomic E-state index is 0. The highest BCUT2D eigenvalue weighted by Gasteiger charge is 2.53. The van der Waals surface area contributed by atoms with Crippen molar-refractivity contribution in [3.8, 4) is 0 Å². The third-order valence-corrected chi connectivity index (χ3v) is 5.79. The van der Waals surface area contributed by atoms with Gasteiger partial charge in [-0.3, -0.25) is 0 Å². The molecule has 16 heavy (non-hydrogen) atoms. The average Bonchev–Trinajstić information content (AvgIpc) is 2.72. The molecule has 1 nitrogen and oxygen atoms in total. The van der Waals surface area contributed by atoms with Gasteiger partial charge in [-0.1, -0.05) is 6.42 Å². The number of halogens is 1. The van der Waals surface area contributed by atoms with Gasteiger partial charge in [0.1, 0.15) is 0 Å². The predicted molar refractivity (Wildman–Crippen MR) is 68.8 cm³/mol. The van der Waals surface area contributed by atoms with E-state index in [1.807, 2.05) is 0 Å². The quantitative estimate of drug-likeness (QED) is 0.800. The third kappa shape index (κ3) is 1.71. The van der Waals surface area contributed by atoms with E-state index in [1.54, 1.807) is 19.3 Å². The zero-order valence-electron chi connectivity index (χ0n) is 10.0. The van der Waals surface area contributed by atoms with Crippen LogP contribution in [-0.4, -0.2) is 12.6 Å². The summed E-state index contributed by atoms with van der Waals surface area (Å²) < 4.78 is 0. The second-order valence-electron chi connectivity index (χ2n) is 6.61. The van der Waals surface area contributed by atoms with Crippen molar-refractivity contribution in [1.29, 1.82) is 0 Å². The van der Waals surface area contributed by atoms with Crippen LogP contribution in [0.15, 0.2) is 0 Å². The Hall–Kier alpha value is 0.250. The first-order valence-corrected chi connectivity index (χ1v) is 7.15. The van der Waals surface area contributed by atoms with Crippen molar-refractivity contribution in [3.05, 3.63) is 0 Å². The van der Waals surface area contributed by atoms with E-state index in [2.05, 4.69) is 5.32 Å². The molecule has 0 saturated heterocycles. The van der Waals surface area contributed by atoms with E-state index >= 15 is 0 Å². The molecule has 0 heterocycles. The van der Waals surface area contributed by atoms with Crippen LogP contribution in [0.1, 0.15) is 44.9 Å². The van der Waals surface area contributed by atoms with Gasteiger partial charge in [-0.15, -0.1) is 12.4 Å². The summed E-state index contributed by atoms with van der Waals surface area (Å²) in [6.07, 6.45) is 10.8. The molecule has 2 heteroatoms. The maximum absolute atomic E-state index is 3.89. The summed E-state index contributed by atoms with van der Waals surface area (Å²) in [5, 5.41) is 3.89. The molecule has 2 bridgehead atoms. The van der Waals surface area contributed by atoms with Crippen LogP contribution in [0.5, 0.6) is 0 Å². The molecule has 0 aromatic rings. The molecule has 4 aliphatic carbocycles. The maximum Gasteiger partial charge on any atom is 0.0101 e. The van der Waals surface area contributed by atoms with Crippen LogP contribution in [0, 0.1) is 29.6 Å². The predicted octanol–water partition coefficient (Wildman–Crippen LogP) is 3.23. The maximum atomic E-state index is 3.89. The van der Waals surface area contributed by atoms with E-state index in [0.717, 1.165) is 35.6 Å². The highest BCUT2D eigenvalue weighted by Crippen LogP contribution is 2.58. The molecular weight excluding hydrogens is 218 g/mol. The van der Waals surface area contributed by atoms with Crippen LogP contribution in [0.25, 0.3) is 0 Å². The first kappa shape index (κ1) is 11.3. The van der Waals surface area contributed by atoms with Gasteiger partial charge in [-0.05, 0) is 74.7 Å². The van der Waals surface area contributed by atoms with Crippen molar-refractivity contribution in [1.82, 2.24) is 5.32 Å². The highest BCUT2D eigenvalue weighted by molar-refractivity contribution is 5.85. The zero-order chi connectivity index (χ0) is 9.83. The van der Waals surface area contributed by atoms with Gasteiger partial charge in [-0.25, -0.2) is 0 Å². The van der Waals surface area contributed by atoms with Gasteiger partial charge < -0.3 is 5.32 Å². The first-order chi connectivity index (χ1) is 7.42. The summed E-state index contributed by atoms with van der Waals surface area (Å²) in [6, 6.07) is 0.926. The standard InChI is InChI=1S/C14H23N.ClH/c1-2-11-10-6-13(12(11)3-1)14(7-10)15-8-9-4-5-9;/h9-15H,1-8H2;1H/t10-,11-,12-,13-,14-;/m1./s1. The minimum absolute atomic E-state index is 0. The van der Waals surface area contributed by atoms with E-state index < -0.39 is 0 Å². The Morgan fingerprint density at radius 1 is 0.875 bits per heavy atom. The fourth-order valence-corrected chi connectivity index (χ4v) is 4.94. The Bertz CT molecular complexity index is 263. The van der Waals surface area contributed by atoms with Gasteiger partial charge in [0.15, 0.2) is 0 Å². The molecule has 4 aliphatic rings. The number of hydrogen-bond acceptors (Lipinski definition) is 1. The highest BCUT2D eigenvalue weighted by atomic mass is 35.5. The molecule has 4 saturated carbocycles. The average molecular weight is 242 g/mol. The van der Waals surface area contributed by atoms with Crippen molar-refractivity contribution in [2.75, 3.05) is 6.54 Å². The summed E-state index contributed by atoms with van der Waals surface area (Å²) in [6.45, 7) is 1.34. The molecule has 1 N–H and O–H groups in total. The van der Waals surface area contributed by atoms with Gasteiger partial charge in [0.05, 0.1) is 0 Å². The lowest BCUT2D eigenvalue weighted by Crippen LogP contribution is -2.40. The molecule has 4 rings (SSSR count). The normalized spacial score (nSPS) is 49.1. The lowest BCUT2D eigenvalue weighted by molar-refractivity contribution is 0.208. The second kappa shape index (κ2) is 4.17. The van der Waals surface area contributed by atoms with Crippen LogP contribution in [0.2, 0.25) is 0 Å². The van der Waals surface area contributed by atoms with Gasteiger partial charge in [-0.2, -0.15) is 0 Å². The smallest absolute Gasteiger partial charge is 0.0101 e. The monoisotopic (exact) mass is 241 g/mol. The molecule has 92 valence electrons. The van der Waals surface area contributed by atoms with E-state index in [-0.39, 0.29) is 12.4 Å². The molecule has 0 spiro atoms. The number of rotatable bonds is 3. The van der Waals surface area contributed by atoms with E-state index in [0.29, 0.717) is 0 Å². The summed E-state index contributed by atoms with van der Waals surface area (Å²) in [4.78, 5) is 0. The molecule has 0 radical (unpaired) electrons. The lowest BCUT2D eigenvalue weighted by Gasteiger charge is -2.32. The molecular formula is C14H24ClN. The number of fused-ring (bicyclic) bond motifs is 5. The summed E-state index contributed by atoms with van der Waals surface area (Å²) in [7, 11) is 0. The van der Waals surface area contributed by atoms with Crippen molar-refractivity contribution >= 4 is 12.4 Å². The Labute approximate surface area is 105 Å². The largest absolute Gasteiger partial charge is 0.313 e. The SMILES string of the molecule is C1C[C@@H]2[C@H](C1)[C@@H]1C[C@H]2[C@H](NCC2CC2)C1.Cl. The van der Waals surface area contributed by atoms with Crippen LogP contribution in [0.3, 0.4) is 0 Å². The summed E-state index contributed by atoms with van der Waals surface area (Å²) in [5.41, 5.74) is 0. The molecule has 0 amide bonds. The van der Waals surface area contributed by atoms with Gasteiger partial charge in [0, 0.05) is 6.04 Å². The molecule has 5 atom stereocenters. The number of hydrogen-bond donors (Lipinski definition) is 1. The van der Waals surface area contributed by atoms with E-state index in [4.69, 9.17) is 0 Å². The molecule has 0 aromatic heterocycles. The molecule has 0 unspecified atom stereocenters. The Morgan fingerprint density at radius 3 is 2.50 bits per heavy atom. The van der Waals surface area contributed by atoms with Crippen molar-refractivity contribution in [2.45, 2.75) is 51.0 Å². The van der Waals surface area contributed by atoms with Gasteiger partial charge in [0.2, 0.25) is 0 Å². The summed E-state index contributed by atoms with van der Waals surface area (Å²) >= 11 is 0. The Morgan fingerprint density at radius 2 is 1.69 bits per heavy atom. The van der Waals surface area contributed by atoms with Crippen molar-refractivity contribution in [3.63, 3.8) is 0 Å². The van der Waals surface area contributed by atoms with Crippen molar-refractivity contribution < 1.29 is 0 Å². The zero-order valence-corrected chi connectivity index (χ0v) is 10.8. The minimum Gasteiger partial charge on any atom is -0.313 e. The van der Waals surface area contributed by atoms with Crippen molar-refractivity contribution in [2.24, 2.45) is 29.6 Å². The second-order valence-corrected chi connectivity index (χ2v) is 6.61. The molecule has 0 aliphatic heterocycles. The van der Waals surface area contributed by atoms with E-state index in [9.17, 15) is 0 Å². The number of nitrogens with one attached hydrogen (secondary N) is 1. The van der Waals surface area contributed by atoms with Gasteiger partial charge >= 0.3 is 0 Å². The van der Waals surface area contributed by atoms with Crippen LogP contribution in [-0.2, 0) is 0 Å². The van der Waals surface area contributed by atoms with Crippen LogP contribution >= 0.6 is 12.4 Å². The molecule has 0 aromatic carbocycles. The van der Waals surface area contributed by atoms with Crippen LogP contribution in [0.4, 0.5) is 0 Å². The summed E-state index contributed by atoms with van der Waals surface area (Å²) in [5.74, 6) is 5.57. The Kier molecular flexibility index (Phi) is 2.96. The topological polar surface area (TPSA) is 12.0 Å². The molecule has 4 fully saturated rings. The fraction of sp³-hybridized carbons (Fsp3) is 1.00.